The van der Waals surface area contributed by atoms with E-state index in [0.717, 1.165) is 23.1 Å². The summed E-state index contributed by atoms with van der Waals surface area (Å²) in [5.74, 6) is -1.11. The number of carbonyl (C=O) groups is 1. The van der Waals surface area contributed by atoms with E-state index in [9.17, 15) is 9.90 Å². The summed E-state index contributed by atoms with van der Waals surface area (Å²) in [4.78, 5) is 11.2. The van der Waals surface area contributed by atoms with E-state index in [1.165, 1.54) is 31.3 Å². The summed E-state index contributed by atoms with van der Waals surface area (Å²) in [6.07, 6.45) is 8.63. The lowest BCUT2D eigenvalue weighted by Crippen LogP contribution is -2.07. The summed E-state index contributed by atoms with van der Waals surface area (Å²) in [5.41, 5.74) is 4.59. The van der Waals surface area contributed by atoms with Crippen LogP contribution in [0.2, 0.25) is 5.02 Å². The quantitative estimate of drug-likeness (QED) is 0.869. The second-order valence-corrected chi connectivity index (χ2v) is 5.92. The maximum Gasteiger partial charge on any atom is 0.310 e. The van der Waals surface area contributed by atoms with Crippen molar-refractivity contribution in [3.63, 3.8) is 0 Å². The van der Waals surface area contributed by atoms with Gasteiger partial charge in [-0.25, -0.2) is 0 Å². The molecule has 2 nitrogen and oxygen atoms in total. The summed E-state index contributed by atoms with van der Waals surface area (Å²) in [7, 11) is 0. The van der Waals surface area contributed by atoms with Gasteiger partial charge in [-0.05, 0) is 67.3 Å². The number of aliphatic carboxylic acids is 1. The number of carboxylic acids is 1. The number of carboxylic acid groups (broad SMARTS) is 1. The fraction of sp³-hybridized carbons (Fsp3) is 0.438. The SMILES string of the molecule is O=C(O)C1CCc2cc(C=C3CCCC3)c(Cl)cc21. The highest BCUT2D eigenvalue weighted by Crippen LogP contribution is 2.38. The average Bonchev–Trinajstić information content (AvgIpc) is 2.98. The summed E-state index contributed by atoms with van der Waals surface area (Å²) in [5, 5.41) is 9.88. The largest absolute Gasteiger partial charge is 0.481 e. The Hall–Kier alpha value is -1.28. The summed E-state index contributed by atoms with van der Waals surface area (Å²) in [6, 6.07) is 3.95. The van der Waals surface area contributed by atoms with E-state index in [-0.39, 0.29) is 5.92 Å². The molecule has 0 heterocycles. The van der Waals surface area contributed by atoms with Crippen LogP contribution in [0.3, 0.4) is 0 Å². The van der Waals surface area contributed by atoms with Crippen molar-refractivity contribution < 1.29 is 9.90 Å². The normalized spacial score (nSPS) is 21.5. The Morgan fingerprint density at radius 3 is 2.68 bits per heavy atom. The third kappa shape index (κ3) is 2.42. The third-order valence-corrected chi connectivity index (χ3v) is 4.57. The average molecular weight is 277 g/mol. The van der Waals surface area contributed by atoms with E-state index in [2.05, 4.69) is 12.1 Å². The molecule has 0 aliphatic heterocycles. The first kappa shape index (κ1) is 12.7. The number of allylic oxidation sites excluding steroid dienone is 1. The molecular weight excluding hydrogens is 260 g/mol. The van der Waals surface area contributed by atoms with Crippen molar-refractivity contribution >= 4 is 23.6 Å². The number of halogens is 1. The van der Waals surface area contributed by atoms with Crippen molar-refractivity contribution in [1.29, 1.82) is 0 Å². The lowest BCUT2D eigenvalue weighted by molar-refractivity contribution is -0.138. The molecule has 3 rings (SSSR count). The van der Waals surface area contributed by atoms with Gasteiger partial charge in [0.05, 0.1) is 5.92 Å². The molecule has 1 unspecified atom stereocenters. The molecule has 2 aliphatic carbocycles. The number of aryl methyl sites for hydroxylation is 1. The molecule has 19 heavy (non-hydrogen) atoms. The maximum atomic E-state index is 11.2. The first-order valence-corrected chi connectivity index (χ1v) is 7.27. The molecule has 0 amide bonds. The van der Waals surface area contributed by atoms with E-state index >= 15 is 0 Å². The lowest BCUT2D eigenvalue weighted by atomic mass is 9.99. The van der Waals surface area contributed by atoms with Crippen LogP contribution in [0.1, 0.15) is 54.7 Å². The molecule has 0 saturated heterocycles. The van der Waals surface area contributed by atoms with Crippen molar-refractivity contribution in [2.75, 3.05) is 0 Å². The fourth-order valence-corrected chi connectivity index (χ4v) is 3.44. The van der Waals surface area contributed by atoms with E-state index in [0.29, 0.717) is 11.4 Å². The van der Waals surface area contributed by atoms with Crippen molar-refractivity contribution in [2.45, 2.75) is 44.4 Å². The second-order valence-electron chi connectivity index (χ2n) is 5.51. The highest BCUT2D eigenvalue weighted by atomic mass is 35.5. The van der Waals surface area contributed by atoms with Crippen LogP contribution in [0.25, 0.3) is 6.08 Å². The monoisotopic (exact) mass is 276 g/mol. The molecule has 0 spiro atoms. The highest BCUT2D eigenvalue weighted by Gasteiger charge is 2.29. The number of rotatable bonds is 2. The molecule has 1 saturated carbocycles. The van der Waals surface area contributed by atoms with E-state index < -0.39 is 5.97 Å². The predicted octanol–water partition coefficient (Wildman–Crippen LogP) is 4.41. The van der Waals surface area contributed by atoms with Gasteiger partial charge in [0.25, 0.3) is 0 Å². The molecule has 0 bridgehead atoms. The zero-order chi connectivity index (χ0) is 13.4. The minimum Gasteiger partial charge on any atom is -0.481 e. The second kappa shape index (κ2) is 5.01. The van der Waals surface area contributed by atoms with Gasteiger partial charge in [-0.1, -0.05) is 23.3 Å². The number of hydrogen-bond acceptors (Lipinski definition) is 1. The van der Waals surface area contributed by atoms with E-state index in [1.807, 2.05) is 6.07 Å². The Morgan fingerprint density at radius 1 is 1.26 bits per heavy atom. The zero-order valence-corrected chi connectivity index (χ0v) is 11.5. The van der Waals surface area contributed by atoms with Gasteiger partial charge in [0, 0.05) is 5.02 Å². The summed E-state index contributed by atoms with van der Waals surface area (Å²) >= 11 is 6.32. The Morgan fingerprint density at radius 2 is 2.00 bits per heavy atom. The summed E-state index contributed by atoms with van der Waals surface area (Å²) in [6.45, 7) is 0. The van der Waals surface area contributed by atoms with Crippen molar-refractivity contribution in [1.82, 2.24) is 0 Å². The standard InChI is InChI=1S/C16H17ClO2/c17-15-9-14-11(5-6-13(14)16(18)19)8-12(15)7-10-3-1-2-4-10/h7-9,13H,1-6H2,(H,18,19). The van der Waals surface area contributed by atoms with Crippen LogP contribution in [-0.4, -0.2) is 11.1 Å². The van der Waals surface area contributed by atoms with Crippen LogP contribution < -0.4 is 0 Å². The van der Waals surface area contributed by atoms with Crippen LogP contribution in [0.5, 0.6) is 0 Å². The van der Waals surface area contributed by atoms with Gasteiger partial charge < -0.3 is 5.11 Å². The first-order valence-electron chi connectivity index (χ1n) is 6.90. The highest BCUT2D eigenvalue weighted by molar-refractivity contribution is 6.32. The topological polar surface area (TPSA) is 37.3 Å². The Labute approximate surface area is 118 Å². The molecule has 2 aliphatic rings. The Kier molecular flexibility index (Phi) is 3.36. The molecule has 1 aromatic carbocycles. The molecule has 1 fully saturated rings. The molecule has 1 atom stereocenters. The molecule has 3 heteroatoms. The molecular formula is C16H17ClO2. The van der Waals surface area contributed by atoms with Crippen molar-refractivity contribution in [3.05, 3.63) is 39.4 Å². The predicted molar refractivity (Wildman–Crippen MR) is 76.6 cm³/mol. The maximum absolute atomic E-state index is 11.2. The van der Waals surface area contributed by atoms with Gasteiger partial charge in [-0.15, -0.1) is 0 Å². The fourth-order valence-electron chi connectivity index (χ4n) is 3.21. The lowest BCUT2D eigenvalue weighted by Gasteiger charge is -2.09. The van der Waals surface area contributed by atoms with Gasteiger partial charge in [0.15, 0.2) is 0 Å². The minimum atomic E-state index is -0.739. The summed E-state index contributed by atoms with van der Waals surface area (Å²) < 4.78 is 0. The molecule has 100 valence electrons. The molecule has 0 radical (unpaired) electrons. The van der Waals surface area contributed by atoms with Crippen molar-refractivity contribution in [3.8, 4) is 0 Å². The van der Waals surface area contributed by atoms with E-state index in [1.54, 1.807) is 0 Å². The van der Waals surface area contributed by atoms with Crippen LogP contribution in [0.15, 0.2) is 17.7 Å². The first-order chi connectivity index (χ1) is 9.15. The minimum absolute atomic E-state index is 0.374. The van der Waals surface area contributed by atoms with Crippen LogP contribution in [-0.2, 0) is 11.2 Å². The zero-order valence-electron chi connectivity index (χ0n) is 10.8. The molecule has 1 aromatic rings. The van der Waals surface area contributed by atoms with Gasteiger partial charge in [0.2, 0.25) is 0 Å². The number of hydrogen-bond donors (Lipinski definition) is 1. The molecule has 0 aromatic heterocycles. The Balaban J connectivity index is 1.97. The number of fused-ring (bicyclic) bond motifs is 1. The van der Waals surface area contributed by atoms with Gasteiger partial charge in [0.1, 0.15) is 0 Å². The van der Waals surface area contributed by atoms with Gasteiger partial charge in [-0.3, -0.25) is 4.79 Å². The van der Waals surface area contributed by atoms with Crippen LogP contribution in [0, 0.1) is 0 Å². The van der Waals surface area contributed by atoms with Gasteiger partial charge in [-0.2, -0.15) is 0 Å². The van der Waals surface area contributed by atoms with Crippen LogP contribution >= 0.6 is 11.6 Å². The van der Waals surface area contributed by atoms with Gasteiger partial charge >= 0.3 is 5.97 Å². The Bertz CT molecular complexity index is 552. The van der Waals surface area contributed by atoms with E-state index in [4.69, 9.17) is 11.6 Å². The third-order valence-electron chi connectivity index (χ3n) is 4.24. The number of benzene rings is 1. The molecule has 1 N–H and O–H groups in total. The van der Waals surface area contributed by atoms with Crippen molar-refractivity contribution in [2.24, 2.45) is 0 Å². The smallest absolute Gasteiger partial charge is 0.310 e. The van der Waals surface area contributed by atoms with Crippen LogP contribution in [0.4, 0.5) is 0 Å².